The van der Waals surface area contributed by atoms with Crippen molar-refractivity contribution < 1.29 is 18.8 Å². The Morgan fingerprint density at radius 2 is 1.88 bits per heavy atom. The van der Waals surface area contributed by atoms with Crippen LogP contribution in [0.25, 0.3) is 0 Å². The van der Waals surface area contributed by atoms with Gasteiger partial charge in [-0.1, -0.05) is 0 Å². The molecule has 0 aromatic heterocycles. The van der Waals surface area contributed by atoms with Gasteiger partial charge in [0.15, 0.2) is 5.78 Å². The highest BCUT2D eigenvalue weighted by molar-refractivity contribution is 5.96. The molecule has 0 atom stereocenters. The van der Waals surface area contributed by atoms with Gasteiger partial charge in [0, 0.05) is 5.56 Å². The lowest BCUT2D eigenvalue weighted by Gasteiger charge is -2.23. The van der Waals surface area contributed by atoms with E-state index in [2.05, 4.69) is 0 Å². The van der Waals surface area contributed by atoms with E-state index in [0.717, 1.165) is 32.8 Å². The Morgan fingerprint density at radius 3 is 2.53 bits per heavy atom. The number of Topliss-reactive ketones (excluding diaryl/α,β-unsaturated/α-hetero) is 1. The van der Waals surface area contributed by atoms with Crippen molar-refractivity contribution in [1.29, 1.82) is 0 Å². The van der Waals surface area contributed by atoms with Gasteiger partial charge in [0.05, 0.1) is 26.2 Å². The SMILES string of the molecule is O=C(CC[NH+]1CCOCC1)c1ccc(F)cc1. The Kier molecular flexibility index (Phi) is 4.23. The molecule has 0 amide bonds. The van der Waals surface area contributed by atoms with Crippen LogP contribution >= 0.6 is 0 Å². The molecule has 2 rings (SSSR count). The highest BCUT2D eigenvalue weighted by atomic mass is 19.1. The number of carbonyl (C=O) groups excluding carboxylic acids is 1. The van der Waals surface area contributed by atoms with Crippen molar-refractivity contribution in [2.45, 2.75) is 6.42 Å². The van der Waals surface area contributed by atoms with E-state index >= 15 is 0 Å². The smallest absolute Gasteiger partial charge is 0.168 e. The van der Waals surface area contributed by atoms with E-state index < -0.39 is 0 Å². The number of benzene rings is 1. The van der Waals surface area contributed by atoms with Gasteiger partial charge in [-0.3, -0.25) is 4.79 Å². The van der Waals surface area contributed by atoms with E-state index in [-0.39, 0.29) is 11.6 Å². The lowest BCUT2D eigenvalue weighted by molar-refractivity contribution is -0.907. The maximum Gasteiger partial charge on any atom is 0.168 e. The van der Waals surface area contributed by atoms with E-state index in [4.69, 9.17) is 4.74 Å². The molecule has 0 unspecified atom stereocenters. The number of ketones is 1. The van der Waals surface area contributed by atoms with Crippen molar-refractivity contribution in [3.05, 3.63) is 35.6 Å². The van der Waals surface area contributed by atoms with Crippen LogP contribution in [0, 0.1) is 5.82 Å². The minimum Gasteiger partial charge on any atom is -0.370 e. The highest BCUT2D eigenvalue weighted by Crippen LogP contribution is 2.04. The van der Waals surface area contributed by atoms with E-state index in [1.165, 1.54) is 17.0 Å². The van der Waals surface area contributed by atoms with E-state index in [1.807, 2.05) is 0 Å². The van der Waals surface area contributed by atoms with E-state index in [9.17, 15) is 9.18 Å². The third kappa shape index (κ3) is 3.61. The van der Waals surface area contributed by atoms with Crippen LogP contribution in [0.4, 0.5) is 4.39 Å². The fourth-order valence-electron chi connectivity index (χ4n) is 1.98. The first-order valence-electron chi connectivity index (χ1n) is 5.96. The third-order valence-corrected chi connectivity index (χ3v) is 3.07. The molecule has 92 valence electrons. The minimum atomic E-state index is -0.305. The zero-order valence-electron chi connectivity index (χ0n) is 9.75. The fourth-order valence-corrected chi connectivity index (χ4v) is 1.98. The summed E-state index contributed by atoms with van der Waals surface area (Å²) in [5, 5.41) is 0. The van der Waals surface area contributed by atoms with Crippen LogP contribution in [0.15, 0.2) is 24.3 Å². The zero-order chi connectivity index (χ0) is 12.1. The van der Waals surface area contributed by atoms with Crippen LogP contribution in [-0.2, 0) is 4.74 Å². The molecule has 1 fully saturated rings. The highest BCUT2D eigenvalue weighted by Gasteiger charge is 2.15. The Hall–Kier alpha value is -1.26. The summed E-state index contributed by atoms with van der Waals surface area (Å²) in [5.41, 5.74) is 0.596. The monoisotopic (exact) mass is 238 g/mol. The van der Waals surface area contributed by atoms with Gasteiger partial charge in [0.2, 0.25) is 0 Å². The number of hydrogen-bond donors (Lipinski definition) is 1. The first-order valence-corrected chi connectivity index (χ1v) is 5.96. The Labute approximate surface area is 100 Å². The average molecular weight is 238 g/mol. The summed E-state index contributed by atoms with van der Waals surface area (Å²) in [4.78, 5) is 13.2. The van der Waals surface area contributed by atoms with Gasteiger partial charge < -0.3 is 9.64 Å². The van der Waals surface area contributed by atoms with Gasteiger partial charge in [-0.2, -0.15) is 0 Å². The van der Waals surface area contributed by atoms with Crippen molar-refractivity contribution >= 4 is 5.78 Å². The molecule has 1 aromatic carbocycles. The Bertz CT molecular complexity index is 372. The number of hydrogen-bond acceptors (Lipinski definition) is 2. The summed E-state index contributed by atoms with van der Waals surface area (Å²) < 4.78 is 18.0. The standard InChI is InChI=1S/C13H16FNO2/c14-12-3-1-11(2-4-12)13(16)5-6-15-7-9-17-10-8-15/h1-4H,5-10H2/p+1. The molecule has 1 saturated heterocycles. The summed E-state index contributed by atoms with van der Waals surface area (Å²) in [7, 11) is 0. The van der Waals surface area contributed by atoms with Crippen LogP contribution in [0.2, 0.25) is 0 Å². The largest absolute Gasteiger partial charge is 0.370 e. The molecule has 0 radical (unpaired) electrons. The molecule has 0 bridgehead atoms. The van der Waals surface area contributed by atoms with Crippen LogP contribution in [-0.4, -0.2) is 38.6 Å². The first kappa shape index (κ1) is 12.2. The molecule has 0 spiro atoms. The topological polar surface area (TPSA) is 30.7 Å². The maximum atomic E-state index is 12.7. The van der Waals surface area contributed by atoms with Crippen LogP contribution in [0.5, 0.6) is 0 Å². The van der Waals surface area contributed by atoms with Gasteiger partial charge >= 0.3 is 0 Å². The molecule has 3 nitrogen and oxygen atoms in total. The Balaban J connectivity index is 1.82. The van der Waals surface area contributed by atoms with Gasteiger partial charge in [-0.15, -0.1) is 0 Å². The normalized spacial score (nSPS) is 17.0. The first-order chi connectivity index (χ1) is 8.25. The second-order valence-corrected chi connectivity index (χ2v) is 4.29. The van der Waals surface area contributed by atoms with Gasteiger partial charge in [0.25, 0.3) is 0 Å². The fraction of sp³-hybridized carbons (Fsp3) is 0.462. The number of ether oxygens (including phenoxy) is 1. The second-order valence-electron chi connectivity index (χ2n) is 4.29. The molecule has 1 heterocycles. The van der Waals surface area contributed by atoms with Crippen molar-refractivity contribution in [3.8, 4) is 0 Å². The summed E-state index contributed by atoms with van der Waals surface area (Å²) >= 11 is 0. The Morgan fingerprint density at radius 1 is 1.24 bits per heavy atom. The second kappa shape index (κ2) is 5.89. The predicted molar refractivity (Wildman–Crippen MR) is 61.7 cm³/mol. The summed E-state index contributed by atoms with van der Waals surface area (Å²) in [6.07, 6.45) is 0.515. The van der Waals surface area contributed by atoms with Gasteiger partial charge in [0.1, 0.15) is 18.9 Å². The minimum absolute atomic E-state index is 0.0870. The van der Waals surface area contributed by atoms with Crippen molar-refractivity contribution in [3.63, 3.8) is 0 Å². The van der Waals surface area contributed by atoms with Crippen LogP contribution in [0.3, 0.4) is 0 Å². The number of halogens is 1. The van der Waals surface area contributed by atoms with Gasteiger partial charge in [-0.25, -0.2) is 4.39 Å². The summed E-state index contributed by atoms with van der Waals surface area (Å²) in [6, 6.07) is 5.75. The lowest BCUT2D eigenvalue weighted by atomic mass is 10.1. The number of rotatable bonds is 4. The summed E-state index contributed by atoms with van der Waals surface area (Å²) in [6.45, 7) is 4.33. The number of morpholine rings is 1. The van der Waals surface area contributed by atoms with Crippen molar-refractivity contribution in [2.24, 2.45) is 0 Å². The molecule has 1 aromatic rings. The van der Waals surface area contributed by atoms with Gasteiger partial charge in [-0.05, 0) is 24.3 Å². The number of carbonyl (C=O) groups is 1. The van der Waals surface area contributed by atoms with E-state index in [1.54, 1.807) is 12.1 Å². The molecule has 1 aliphatic rings. The van der Waals surface area contributed by atoms with E-state index in [0.29, 0.717) is 12.0 Å². The van der Waals surface area contributed by atoms with Crippen LogP contribution < -0.4 is 4.90 Å². The third-order valence-electron chi connectivity index (χ3n) is 3.07. The summed E-state index contributed by atoms with van der Waals surface area (Å²) in [5.74, 6) is -0.218. The molecule has 1 aliphatic heterocycles. The molecule has 1 N–H and O–H groups in total. The molecular formula is C13H17FNO2+. The number of quaternary nitrogens is 1. The molecule has 17 heavy (non-hydrogen) atoms. The van der Waals surface area contributed by atoms with Crippen molar-refractivity contribution in [2.75, 3.05) is 32.8 Å². The molecule has 0 aliphatic carbocycles. The predicted octanol–water partition coefficient (Wildman–Crippen LogP) is 0.314. The molecule has 0 saturated carbocycles. The lowest BCUT2D eigenvalue weighted by Crippen LogP contribution is -3.14. The quantitative estimate of drug-likeness (QED) is 0.766. The zero-order valence-corrected chi connectivity index (χ0v) is 9.75. The van der Waals surface area contributed by atoms with Crippen LogP contribution in [0.1, 0.15) is 16.8 Å². The van der Waals surface area contributed by atoms with Crippen molar-refractivity contribution in [1.82, 2.24) is 0 Å². The molecular weight excluding hydrogens is 221 g/mol. The molecule has 4 heteroatoms. The maximum absolute atomic E-state index is 12.7. The number of nitrogens with one attached hydrogen (secondary N) is 1. The average Bonchev–Trinajstić information content (AvgIpc) is 2.38.